The Morgan fingerprint density at radius 3 is 2.24 bits per heavy atom. The summed E-state index contributed by atoms with van der Waals surface area (Å²) < 4.78 is 1.94. The van der Waals surface area contributed by atoms with E-state index in [2.05, 4.69) is 51.0 Å². The van der Waals surface area contributed by atoms with Gasteiger partial charge in [0.2, 0.25) is 0 Å². The molecule has 0 saturated carbocycles. The van der Waals surface area contributed by atoms with E-state index in [1.807, 2.05) is 4.68 Å². The summed E-state index contributed by atoms with van der Waals surface area (Å²) in [6.45, 7) is 8.45. The molecule has 90 valence electrons. The first kappa shape index (κ1) is 11.7. The van der Waals surface area contributed by atoms with E-state index in [-0.39, 0.29) is 0 Å². The molecule has 0 bridgehead atoms. The van der Waals surface area contributed by atoms with E-state index >= 15 is 0 Å². The highest BCUT2D eigenvalue weighted by Gasteiger charge is 2.13. The van der Waals surface area contributed by atoms with E-state index in [9.17, 15) is 0 Å². The van der Waals surface area contributed by atoms with Gasteiger partial charge in [-0.1, -0.05) is 19.9 Å². The lowest BCUT2D eigenvalue weighted by molar-refractivity contribution is 0.735. The first-order valence-corrected chi connectivity index (χ1v) is 5.91. The number of nitrogens with zero attached hydrogens (tertiary/aromatic N) is 2. The fraction of sp³-hybridized carbons (Fsp3) is 0.357. The van der Waals surface area contributed by atoms with Gasteiger partial charge in [0, 0.05) is 0 Å². The van der Waals surface area contributed by atoms with Gasteiger partial charge in [0.25, 0.3) is 0 Å². The Hall–Kier alpha value is -1.77. The lowest BCUT2D eigenvalue weighted by atomic mass is 10.1. The SMILES string of the molecule is Cc1cc(C)cc(-n2ncc(N)c2C(C)C)c1. The molecule has 3 heteroatoms. The van der Waals surface area contributed by atoms with Crippen LogP contribution in [0, 0.1) is 13.8 Å². The Bertz CT molecular complexity index is 518. The van der Waals surface area contributed by atoms with E-state index in [1.54, 1.807) is 6.20 Å². The van der Waals surface area contributed by atoms with Crippen LogP contribution in [-0.2, 0) is 0 Å². The molecule has 0 aliphatic rings. The van der Waals surface area contributed by atoms with Crippen LogP contribution in [-0.4, -0.2) is 9.78 Å². The van der Waals surface area contributed by atoms with Gasteiger partial charge in [-0.05, 0) is 43.0 Å². The van der Waals surface area contributed by atoms with Gasteiger partial charge in [-0.15, -0.1) is 0 Å². The summed E-state index contributed by atoms with van der Waals surface area (Å²) in [5.74, 6) is 0.360. The van der Waals surface area contributed by atoms with Gasteiger partial charge in [0.05, 0.1) is 23.3 Å². The van der Waals surface area contributed by atoms with Gasteiger partial charge in [-0.25, -0.2) is 4.68 Å². The van der Waals surface area contributed by atoms with Gasteiger partial charge in [-0.3, -0.25) is 0 Å². The van der Waals surface area contributed by atoms with Gasteiger partial charge in [-0.2, -0.15) is 5.10 Å². The second kappa shape index (κ2) is 4.24. The van der Waals surface area contributed by atoms with E-state index in [1.165, 1.54) is 11.1 Å². The molecular formula is C14H19N3. The zero-order valence-electron chi connectivity index (χ0n) is 10.9. The summed E-state index contributed by atoms with van der Waals surface area (Å²) in [6, 6.07) is 6.42. The van der Waals surface area contributed by atoms with Gasteiger partial charge < -0.3 is 5.73 Å². The van der Waals surface area contributed by atoms with Crippen molar-refractivity contribution in [1.29, 1.82) is 0 Å². The minimum absolute atomic E-state index is 0.360. The third-order valence-electron chi connectivity index (χ3n) is 2.83. The van der Waals surface area contributed by atoms with Crippen LogP contribution in [0.15, 0.2) is 24.4 Å². The Morgan fingerprint density at radius 1 is 1.12 bits per heavy atom. The second-order valence-electron chi connectivity index (χ2n) is 4.90. The number of rotatable bonds is 2. The van der Waals surface area contributed by atoms with Crippen LogP contribution in [0.3, 0.4) is 0 Å². The van der Waals surface area contributed by atoms with Crippen LogP contribution in [0.5, 0.6) is 0 Å². The number of hydrogen-bond donors (Lipinski definition) is 1. The van der Waals surface area contributed by atoms with Crippen LogP contribution >= 0.6 is 0 Å². The lowest BCUT2D eigenvalue weighted by Gasteiger charge is -2.12. The van der Waals surface area contributed by atoms with Crippen molar-refractivity contribution >= 4 is 5.69 Å². The number of anilines is 1. The Labute approximate surface area is 102 Å². The molecule has 1 aromatic heterocycles. The third kappa shape index (κ3) is 2.18. The Morgan fingerprint density at radius 2 is 1.71 bits per heavy atom. The summed E-state index contributed by atoms with van der Waals surface area (Å²) in [5.41, 5.74) is 11.4. The molecule has 17 heavy (non-hydrogen) atoms. The molecule has 0 radical (unpaired) electrons. The molecule has 0 amide bonds. The van der Waals surface area contributed by atoms with E-state index in [0.717, 1.165) is 17.1 Å². The minimum Gasteiger partial charge on any atom is -0.396 e. The quantitative estimate of drug-likeness (QED) is 0.859. The molecule has 1 aromatic carbocycles. The van der Waals surface area contributed by atoms with Crippen molar-refractivity contribution in [3.8, 4) is 5.69 Å². The van der Waals surface area contributed by atoms with Crippen molar-refractivity contribution < 1.29 is 0 Å². The summed E-state index contributed by atoms with van der Waals surface area (Å²) in [6.07, 6.45) is 1.73. The van der Waals surface area contributed by atoms with Crippen molar-refractivity contribution in [2.75, 3.05) is 5.73 Å². The third-order valence-corrected chi connectivity index (χ3v) is 2.83. The number of nitrogen functional groups attached to an aromatic ring is 1. The maximum absolute atomic E-state index is 5.97. The maximum Gasteiger partial charge on any atom is 0.0740 e. The fourth-order valence-corrected chi connectivity index (χ4v) is 2.23. The number of aromatic nitrogens is 2. The van der Waals surface area contributed by atoms with Crippen LogP contribution in [0.25, 0.3) is 5.69 Å². The average Bonchev–Trinajstić information content (AvgIpc) is 2.58. The monoisotopic (exact) mass is 229 g/mol. The molecular weight excluding hydrogens is 210 g/mol. The number of aryl methyl sites for hydroxylation is 2. The highest BCUT2D eigenvalue weighted by molar-refractivity contribution is 5.49. The van der Waals surface area contributed by atoms with Crippen LogP contribution in [0.4, 0.5) is 5.69 Å². The molecule has 3 nitrogen and oxygen atoms in total. The topological polar surface area (TPSA) is 43.8 Å². The van der Waals surface area contributed by atoms with Gasteiger partial charge in [0.1, 0.15) is 0 Å². The van der Waals surface area contributed by atoms with Crippen LogP contribution in [0.2, 0.25) is 0 Å². The van der Waals surface area contributed by atoms with Crippen LogP contribution < -0.4 is 5.73 Å². The number of hydrogen-bond acceptors (Lipinski definition) is 2. The largest absolute Gasteiger partial charge is 0.396 e. The normalized spacial score (nSPS) is 11.1. The zero-order chi connectivity index (χ0) is 12.6. The number of benzene rings is 1. The molecule has 2 N–H and O–H groups in total. The molecule has 0 saturated heterocycles. The molecule has 0 aliphatic heterocycles. The standard InChI is InChI=1S/C14H19N3/c1-9(2)14-13(15)8-16-17(14)12-6-10(3)5-11(4)7-12/h5-9H,15H2,1-4H3. The molecule has 1 heterocycles. The molecule has 2 aromatic rings. The summed E-state index contributed by atoms with van der Waals surface area (Å²) >= 11 is 0. The predicted octanol–water partition coefficient (Wildman–Crippen LogP) is 3.19. The first-order valence-electron chi connectivity index (χ1n) is 5.91. The van der Waals surface area contributed by atoms with Crippen molar-refractivity contribution in [1.82, 2.24) is 9.78 Å². The molecule has 0 atom stereocenters. The average molecular weight is 229 g/mol. The molecule has 2 rings (SSSR count). The van der Waals surface area contributed by atoms with Crippen molar-refractivity contribution in [2.24, 2.45) is 0 Å². The summed E-state index contributed by atoms with van der Waals surface area (Å²) in [5, 5.41) is 4.38. The van der Waals surface area contributed by atoms with Crippen molar-refractivity contribution in [3.05, 3.63) is 41.2 Å². The van der Waals surface area contributed by atoms with E-state index < -0.39 is 0 Å². The minimum atomic E-state index is 0.360. The molecule has 0 fully saturated rings. The smallest absolute Gasteiger partial charge is 0.0740 e. The second-order valence-corrected chi connectivity index (χ2v) is 4.90. The Kier molecular flexibility index (Phi) is 2.92. The zero-order valence-corrected chi connectivity index (χ0v) is 10.9. The first-order chi connectivity index (χ1) is 7.99. The van der Waals surface area contributed by atoms with Gasteiger partial charge in [0.15, 0.2) is 0 Å². The molecule has 0 spiro atoms. The van der Waals surface area contributed by atoms with Crippen molar-refractivity contribution in [2.45, 2.75) is 33.6 Å². The molecule has 0 unspecified atom stereocenters. The lowest BCUT2D eigenvalue weighted by Crippen LogP contribution is -2.06. The molecule has 0 aliphatic carbocycles. The highest BCUT2D eigenvalue weighted by atomic mass is 15.3. The van der Waals surface area contributed by atoms with E-state index in [4.69, 9.17) is 5.73 Å². The van der Waals surface area contributed by atoms with Crippen molar-refractivity contribution in [3.63, 3.8) is 0 Å². The summed E-state index contributed by atoms with van der Waals surface area (Å²) in [4.78, 5) is 0. The maximum atomic E-state index is 5.97. The fourth-order valence-electron chi connectivity index (χ4n) is 2.23. The highest BCUT2D eigenvalue weighted by Crippen LogP contribution is 2.25. The summed E-state index contributed by atoms with van der Waals surface area (Å²) in [7, 11) is 0. The number of nitrogens with two attached hydrogens (primary N) is 1. The predicted molar refractivity (Wildman–Crippen MR) is 71.5 cm³/mol. The van der Waals surface area contributed by atoms with Gasteiger partial charge >= 0.3 is 0 Å². The Balaban J connectivity index is 2.60. The van der Waals surface area contributed by atoms with Crippen LogP contribution in [0.1, 0.15) is 36.6 Å². The van der Waals surface area contributed by atoms with E-state index in [0.29, 0.717) is 5.92 Å².